The van der Waals surface area contributed by atoms with E-state index >= 15 is 0 Å². The van der Waals surface area contributed by atoms with Gasteiger partial charge in [-0.25, -0.2) is 18.5 Å². The molecule has 0 unspecified atom stereocenters. The van der Waals surface area contributed by atoms with Gasteiger partial charge in [0.25, 0.3) is 0 Å². The molecule has 174 valence electrons. The lowest BCUT2D eigenvalue weighted by Crippen LogP contribution is -2.12. The molecule has 33 heavy (non-hydrogen) atoms. The number of sulfonamides is 1. The van der Waals surface area contributed by atoms with Crippen molar-refractivity contribution in [3.63, 3.8) is 0 Å². The van der Waals surface area contributed by atoms with Crippen LogP contribution in [-0.4, -0.2) is 30.6 Å². The van der Waals surface area contributed by atoms with E-state index in [0.29, 0.717) is 22.8 Å². The summed E-state index contributed by atoms with van der Waals surface area (Å²) in [6, 6.07) is 10.4. The molecule has 0 bridgehead atoms. The highest BCUT2D eigenvalue weighted by molar-refractivity contribution is 7.89. The zero-order valence-corrected chi connectivity index (χ0v) is 18.4. The van der Waals surface area contributed by atoms with Gasteiger partial charge in [0.15, 0.2) is 5.82 Å². The van der Waals surface area contributed by atoms with Gasteiger partial charge in [0.2, 0.25) is 16.0 Å². The predicted octanol–water partition coefficient (Wildman–Crippen LogP) is 4.46. The Kier molecular flexibility index (Phi) is 6.98. The molecular weight excluding hydrogens is 457 g/mol. The number of aromatic nitrogens is 2. The number of hydrogen-bond donors (Lipinski definition) is 3. The van der Waals surface area contributed by atoms with E-state index in [1.54, 1.807) is 0 Å². The van der Waals surface area contributed by atoms with Gasteiger partial charge in [0, 0.05) is 17.9 Å². The summed E-state index contributed by atoms with van der Waals surface area (Å²) in [7, 11) is -3.80. The largest absolute Gasteiger partial charge is 0.416 e. The summed E-state index contributed by atoms with van der Waals surface area (Å²) in [5.74, 6) is 0.641. The molecule has 3 rings (SSSR count). The third-order valence-electron chi connectivity index (χ3n) is 4.22. The molecule has 1 aromatic heterocycles. The summed E-state index contributed by atoms with van der Waals surface area (Å²) in [5, 5.41) is 11.2. The first-order valence-corrected chi connectivity index (χ1v) is 11.2. The van der Waals surface area contributed by atoms with Crippen molar-refractivity contribution in [2.24, 2.45) is 10.1 Å². The average molecular weight is 479 g/mol. The number of halogens is 3. The lowest BCUT2D eigenvalue weighted by Gasteiger charge is -2.13. The minimum atomic E-state index is -4.40. The molecule has 0 aliphatic carbocycles. The second-order valence-corrected chi connectivity index (χ2v) is 8.86. The van der Waals surface area contributed by atoms with Crippen LogP contribution >= 0.6 is 0 Å². The molecule has 8 nitrogen and oxygen atoms in total. The van der Waals surface area contributed by atoms with E-state index in [9.17, 15) is 21.6 Å². The first-order valence-electron chi connectivity index (χ1n) is 9.66. The number of alkyl halides is 3. The average Bonchev–Trinajstić information content (AvgIpc) is 2.72. The fraction of sp³-hybridized carbons (Fsp3) is 0.190. The Morgan fingerprint density at radius 3 is 2.24 bits per heavy atom. The summed E-state index contributed by atoms with van der Waals surface area (Å²) < 4.78 is 60.9. The van der Waals surface area contributed by atoms with Gasteiger partial charge in [-0.1, -0.05) is 12.1 Å². The molecule has 0 fully saturated rings. The van der Waals surface area contributed by atoms with Gasteiger partial charge >= 0.3 is 6.18 Å². The van der Waals surface area contributed by atoms with Crippen molar-refractivity contribution in [2.45, 2.75) is 31.0 Å². The van der Waals surface area contributed by atoms with Crippen molar-refractivity contribution in [3.05, 3.63) is 65.9 Å². The number of hydrogen-bond acceptors (Lipinski definition) is 7. The van der Waals surface area contributed by atoms with Crippen molar-refractivity contribution >= 4 is 39.4 Å². The zero-order valence-electron chi connectivity index (χ0n) is 17.6. The SMILES string of the molecule is CC(C)Nc1nc(Nc2ccc(S(N)(=O)=O)cc2)ncc1N=Cc1ccc(C(F)(F)F)cc1. The highest BCUT2D eigenvalue weighted by Crippen LogP contribution is 2.29. The van der Waals surface area contributed by atoms with E-state index in [2.05, 4.69) is 25.6 Å². The highest BCUT2D eigenvalue weighted by atomic mass is 32.2. The minimum absolute atomic E-state index is 0.0156. The lowest BCUT2D eigenvalue weighted by atomic mass is 10.1. The molecular formula is C21H21F3N6O2S. The number of primary sulfonamides is 1. The van der Waals surface area contributed by atoms with Gasteiger partial charge in [-0.05, 0) is 55.8 Å². The van der Waals surface area contributed by atoms with Crippen LogP contribution in [0.5, 0.6) is 0 Å². The first kappa shape index (κ1) is 24.1. The molecule has 3 aromatic rings. The van der Waals surface area contributed by atoms with E-state index in [4.69, 9.17) is 5.14 Å². The van der Waals surface area contributed by atoms with E-state index in [1.807, 2.05) is 13.8 Å². The van der Waals surface area contributed by atoms with Crippen molar-refractivity contribution < 1.29 is 21.6 Å². The topological polar surface area (TPSA) is 122 Å². The number of rotatable bonds is 7. The zero-order chi connectivity index (χ0) is 24.2. The van der Waals surface area contributed by atoms with E-state index in [-0.39, 0.29) is 16.9 Å². The number of benzene rings is 2. The molecule has 1 heterocycles. The van der Waals surface area contributed by atoms with Crippen LogP contribution in [-0.2, 0) is 16.2 Å². The van der Waals surface area contributed by atoms with Crippen molar-refractivity contribution in [1.82, 2.24) is 9.97 Å². The Morgan fingerprint density at radius 1 is 1.06 bits per heavy atom. The molecule has 0 aliphatic rings. The maximum absolute atomic E-state index is 12.7. The maximum Gasteiger partial charge on any atom is 0.416 e. The fourth-order valence-corrected chi connectivity index (χ4v) is 3.18. The second kappa shape index (κ2) is 9.55. The summed E-state index contributed by atoms with van der Waals surface area (Å²) in [4.78, 5) is 12.9. The number of aliphatic imine (C=N–C) groups is 1. The molecule has 12 heteroatoms. The Balaban J connectivity index is 1.82. The van der Waals surface area contributed by atoms with Gasteiger partial charge in [0.1, 0.15) is 5.69 Å². The smallest absolute Gasteiger partial charge is 0.366 e. The molecule has 0 saturated carbocycles. The molecule has 0 spiro atoms. The van der Waals surface area contributed by atoms with Gasteiger partial charge in [-0.3, -0.25) is 4.99 Å². The van der Waals surface area contributed by atoms with Gasteiger partial charge in [0.05, 0.1) is 16.7 Å². The van der Waals surface area contributed by atoms with Crippen LogP contribution in [0.25, 0.3) is 0 Å². The fourth-order valence-electron chi connectivity index (χ4n) is 2.67. The molecule has 0 amide bonds. The van der Waals surface area contributed by atoms with Crippen molar-refractivity contribution in [3.8, 4) is 0 Å². The van der Waals surface area contributed by atoms with E-state index < -0.39 is 21.8 Å². The second-order valence-electron chi connectivity index (χ2n) is 7.30. The van der Waals surface area contributed by atoms with Crippen LogP contribution < -0.4 is 15.8 Å². The highest BCUT2D eigenvalue weighted by Gasteiger charge is 2.29. The maximum atomic E-state index is 12.7. The van der Waals surface area contributed by atoms with Crippen molar-refractivity contribution in [1.29, 1.82) is 0 Å². The minimum Gasteiger partial charge on any atom is -0.366 e. The standard InChI is InChI=1S/C21H21F3N6O2S/c1-13(2)28-19-18(26-11-14-3-5-15(6-4-14)21(22,23)24)12-27-20(30-19)29-16-7-9-17(10-8-16)33(25,31)32/h3-13H,1-2H3,(H2,25,31,32)(H2,27,28,29,30). The Labute approximate surface area is 188 Å². The first-order chi connectivity index (χ1) is 15.4. The molecule has 4 N–H and O–H groups in total. The number of anilines is 3. The predicted molar refractivity (Wildman–Crippen MR) is 121 cm³/mol. The molecule has 0 radical (unpaired) electrons. The molecule has 0 saturated heterocycles. The third kappa shape index (κ3) is 6.73. The van der Waals surface area contributed by atoms with Gasteiger partial charge < -0.3 is 10.6 Å². The Hall–Kier alpha value is -3.51. The number of nitrogens with one attached hydrogen (secondary N) is 2. The summed E-state index contributed by atoms with van der Waals surface area (Å²) >= 11 is 0. The Bertz CT molecular complexity index is 1240. The third-order valence-corrected chi connectivity index (χ3v) is 5.15. The van der Waals surface area contributed by atoms with Crippen molar-refractivity contribution in [2.75, 3.05) is 10.6 Å². The summed E-state index contributed by atoms with van der Waals surface area (Å²) in [6.07, 6.45) is -1.53. The molecule has 0 atom stereocenters. The lowest BCUT2D eigenvalue weighted by molar-refractivity contribution is -0.137. The van der Waals surface area contributed by atoms with Crippen LogP contribution in [0.4, 0.5) is 36.3 Å². The monoisotopic (exact) mass is 478 g/mol. The quantitative estimate of drug-likeness (QED) is 0.431. The normalized spacial score (nSPS) is 12.3. The van der Waals surface area contributed by atoms with Gasteiger partial charge in [-0.2, -0.15) is 18.2 Å². The van der Waals surface area contributed by atoms with Crippen LogP contribution in [0.1, 0.15) is 25.0 Å². The Morgan fingerprint density at radius 2 is 1.70 bits per heavy atom. The van der Waals surface area contributed by atoms with E-state index in [1.165, 1.54) is 48.8 Å². The summed E-state index contributed by atoms with van der Waals surface area (Å²) in [5.41, 5.74) is 0.672. The van der Waals surface area contributed by atoms with Crippen LogP contribution in [0.2, 0.25) is 0 Å². The number of nitrogens with two attached hydrogens (primary N) is 1. The van der Waals surface area contributed by atoms with Gasteiger partial charge in [-0.15, -0.1) is 0 Å². The van der Waals surface area contributed by atoms with E-state index in [0.717, 1.165) is 12.1 Å². The van der Waals surface area contributed by atoms with Crippen LogP contribution in [0.3, 0.4) is 0 Å². The number of nitrogens with zero attached hydrogens (tertiary/aromatic N) is 3. The molecule has 2 aromatic carbocycles. The van der Waals surface area contributed by atoms with Crippen LogP contribution in [0.15, 0.2) is 64.6 Å². The summed E-state index contributed by atoms with van der Waals surface area (Å²) in [6.45, 7) is 3.81. The molecule has 0 aliphatic heterocycles. The van der Waals surface area contributed by atoms with Crippen LogP contribution in [0, 0.1) is 0 Å².